The van der Waals surface area contributed by atoms with E-state index in [0.29, 0.717) is 18.7 Å². The van der Waals surface area contributed by atoms with Gasteiger partial charge in [0.15, 0.2) is 11.5 Å². The fraction of sp³-hybridized carbons (Fsp3) is 0.577. The second kappa shape index (κ2) is 17.6. The van der Waals surface area contributed by atoms with E-state index in [1.807, 2.05) is 0 Å². The van der Waals surface area contributed by atoms with Crippen LogP contribution < -0.4 is 10.1 Å². The van der Waals surface area contributed by atoms with E-state index in [1.165, 1.54) is 52.1 Å². The summed E-state index contributed by atoms with van der Waals surface area (Å²) >= 11 is 0. The van der Waals surface area contributed by atoms with Gasteiger partial charge in [-0.25, -0.2) is 0 Å². The van der Waals surface area contributed by atoms with E-state index in [2.05, 4.69) is 36.5 Å². The number of benzene rings is 1. The summed E-state index contributed by atoms with van der Waals surface area (Å²) in [4.78, 5) is 12.0. The number of carbonyl (C=O) groups excluding carboxylic acids is 1. The lowest BCUT2D eigenvalue weighted by Gasteiger charge is -2.08. The molecule has 2 N–H and O–H groups in total. The third kappa shape index (κ3) is 13.1. The van der Waals surface area contributed by atoms with Gasteiger partial charge in [-0.05, 0) is 56.2 Å². The molecular weight excluding hydrogens is 374 g/mol. The molecule has 0 atom stereocenters. The molecule has 1 rings (SSSR count). The molecule has 0 aliphatic rings. The van der Waals surface area contributed by atoms with Crippen LogP contribution in [-0.2, 0) is 11.3 Å². The number of amides is 1. The van der Waals surface area contributed by atoms with Crippen molar-refractivity contribution in [3.63, 3.8) is 0 Å². The number of allylic oxidation sites excluding steroid dienone is 4. The van der Waals surface area contributed by atoms with E-state index < -0.39 is 0 Å². The minimum absolute atomic E-state index is 0.0766. The van der Waals surface area contributed by atoms with Gasteiger partial charge < -0.3 is 15.2 Å². The van der Waals surface area contributed by atoms with E-state index in [-0.39, 0.29) is 11.7 Å². The molecule has 0 heterocycles. The van der Waals surface area contributed by atoms with Gasteiger partial charge in [-0.3, -0.25) is 4.79 Å². The fourth-order valence-electron chi connectivity index (χ4n) is 3.22. The van der Waals surface area contributed by atoms with Gasteiger partial charge in [-0.1, -0.05) is 69.4 Å². The van der Waals surface area contributed by atoms with E-state index in [9.17, 15) is 9.90 Å². The average molecular weight is 416 g/mol. The lowest BCUT2D eigenvalue weighted by molar-refractivity contribution is -0.121. The Kier molecular flexibility index (Phi) is 15.2. The van der Waals surface area contributed by atoms with Crippen molar-refractivity contribution >= 4 is 5.91 Å². The molecule has 0 aliphatic carbocycles. The number of unbranched alkanes of at least 4 members (excludes halogenated alkanes) is 8. The Bertz CT molecular complexity index is 637. The summed E-state index contributed by atoms with van der Waals surface area (Å²) < 4.78 is 5.08. The van der Waals surface area contributed by atoms with E-state index >= 15 is 0 Å². The van der Waals surface area contributed by atoms with Crippen LogP contribution in [0.5, 0.6) is 11.5 Å². The monoisotopic (exact) mass is 415 g/mol. The second-order valence-electron chi connectivity index (χ2n) is 7.76. The topological polar surface area (TPSA) is 58.6 Å². The van der Waals surface area contributed by atoms with Gasteiger partial charge in [0.2, 0.25) is 5.91 Å². The molecular formula is C26H41NO3. The lowest BCUT2D eigenvalue weighted by Crippen LogP contribution is -2.22. The number of phenolic OH excluding ortho intramolecular Hbond substituents is 1. The molecule has 0 saturated carbocycles. The van der Waals surface area contributed by atoms with Gasteiger partial charge in [0.05, 0.1) is 7.11 Å². The lowest BCUT2D eigenvalue weighted by atomic mass is 10.1. The van der Waals surface area contributed by atoms with E-state index in [0.717, 1.165) is 31.2 Å². The molecule has 1 amide bonds. The smallest absolute Gasteiger partial charge is 0.220 e. The number of hydrogen-bond donors (Lipinski definition) is 2. The zero-order chi connectivity index (χ0) is 21.9. The highest BCUT2D eigenvalue weighted by Gasteiger charge is 2.05. The van der Waals surface area contributed by atoms with Crippen LogP contribution in [0.25, 0.3) is 0 Å². The first-order chi connectivity index (χ1) is 14.7. The van der Waals surface area contributed by atoms with Gasteiger partial charge in [-0.15, -0.1) is 0 Å². The van der Waals surface area contributed by atoms with Gasteiger partial charge in [-0.2, -0.15) is 0 Å². The van der Waals surface area contributed by atoms with Crippen molar-refractivity contribution in [1.82, 2.24) is 5.32 Å². The third-order valence-electron chi connectivity index (χ3n) is 5.09. The Labute approximate surface area is 183 Å². The Morgan fingerprint density at radius 2 is 1.63 bits per heavy atom. The summed E-state index contributed by atoms with van der Waals surface area (Å²) in [5, 5.41) is 12.5. The van der Waals surface area contributed by atoms with Crippen molar-refractivity contribution in [1.29, 1.82) is 0 Å². The number of aromatic hydroxyl groups is 1. The van der Waals surface area contributed by atoms with Crippen molar-refractivity contribution in [2.75, 3.05) is 7.11 Å². The maximum atomic E-state index is 12.0. The minimum Gasteiger partial charge on any atom is -0.504 e. The normalized spacial score (nSPS) is 11.4. The van der Waals surface area contributed by atoms with Gasteiger partial charge in [0, 0.05) is 13.0 Å². The highest BCUT2D eigenvalue weighted by atomic mass is 16.5. The molecule has 0 bridgehead atoms. The molecule has 4 nitrogen and oxygen atoms in total. The molecule has 0 radical (unpaired) electrons. The van der Waals surface area contributed by atoms with Crippen LogP contribution in [0.2, 0.25) is 0 Å². The first-order valence-corrected chi connectivity index (χ1v) is 11.6. The summed E-state index contributed by atoms with van der Waals surface area (Å²) in [7, 11) is 1.52. The van der Waals surface area contributed by atoms with Crippen molar-refractivity contribution in [2.24, 2.45) is 0 Å². The number of rotatable bonds is 17. The number of carbonyl (C=O) groups is 1. The quantitative estimate of drug-likeness (QED) is 0.216. The summed E-state index contributed by atoms with van der Waals surface area (Å²) in [5.74, 6) is 0.612. The molecule has 30 heavy (non-hydrogen) atoms. The Hall–Kier alpha value is -2.23. The number of ether oxygens (including phenoxy) is 1. The maximum Gasteiger partial charge on any atom is 0.220 e. The molecule has 0 spiro atoms. The zero-order valence-electron chi connectivity index (χ0n) is 19.0. The van der Waals surface area contributed by atoms with Crippen LogP contribution in [0.15, 0.2) is 42.5 Å². The largest absolute Gasteiger partial charge is 0.504 e. The standard InChI is InChI=1S/C26H41NO3/c1-3-4-5-6-7-8-9-10-11-12-13-14-15-16-17-18-26(29)27-22-23-19-20-24(28)25(21-23)30-2/h7-8,10-11,19-21,28H,3-6,9,12-18,22H2,1-2H3,(H,27,29)/b8-7+,11-10+. The first kappa shape index (κ1) is 25.8. The molecule has 1 aromatic rings. The summed E-state index contributed by atoms with van der Waals surface area (Å²) in [6, 6.07) is 5.12. The molecule has 4 heteroatoms. The molecule has 0 aromatic heterocycles. The van der Waals surface area contributed by atoms with Crippen LogP contribution >= 0.6 is 0 Å². The first-order valence-electron chi connectivity index (χ1n) is 11.6. The predicted octanol–water partition coefficient (Wildman–Crippen LogP) is 6.83. The second-order valence-corrected chi connectivity index (χ2v) is 7.76. The summed E-state index contributed by atoms with van der Waals surface area (Å²) in [6.45, 7) is 2.69. The number of nitrogens with one attached hydrogen (secondary N) is 1. The predicted molar refractivity (Wildman–Crippen MR) is 126 cm³/mol. The molecule has 0 saturated heterocycles. The SMILES string of the molecule is CCCCC/C=C/C/C=C/CCCCCCCC(=O)NCc1ccc(O)c(OC)c1. The van der Waals surface area contributed by atoms with Crippen LogP contribution in [0, 0.1) is 0 Å². The van der Waals surface area contributed by atoms with Crippen LogP contribution in [0.1, 0.15) is 89.5 Å². The van der Waals surface area contributed by atoms with E-state index in [1.54, 1.807) is 18.2 Å². The van der Waals surface area contributed by atoms with Crippen LogP contribution in [-0.4, -0.2) is 18.1 Å². The number of hydrogen-bond acceptors (Lipinski definition) is 3. The zero-order valence-corrected chi connectivity index (χ0v) is 19.0. The fourth-order valence-corrected chi connectivity index (χ4v) is 3.22. The van der Waals surface area contributed by atoms with Crippen LogP contribution in [0.4, 0.5) is 0 Å². The Morgan fingerprint density at radius 3 is 2.33 bits per heavy atom. The number of phenols is 1. The van der Waals surface area contributed by atoms with Crippen LogP contribution in [0.3, 0.4) is 0 Å². The molecule has 1 aromatic carbocycles. The Morgan fingerprint density at radius 1 is 0.967 bits per heavy atom. The van der Waals surface area contributed by atoms with Crippen molar-refractivity contribution < 1.29 is 14.6 Å². The maximum absolute atomic E-state index is 12.0. The molecule has 0 aliphatic heterocycles. The molecule has 168 valence electrons. The highest BCUT2D eigenvalue weighted by Crippen LogP contribution is 2.26. The van der Waals surface area contributed by atoms with Crippen molar-refractivity contribution in [3.05, 3.63) is 48.1 Å². The number of methoxy groups -OCH3 is 1. The summed E-state index contributed by atoms with van der Waals surface area (Å²) in [6.07, 6.45) is 22.7. The Balaban J connectivity index is 1.96. The average Bonchev–Trinajstić information content (AvgIpc) is 2.75. The van der Waals surface area contributed by atoms with E-state index in [4.69, 9.17) is 4.74 Å². The van der Waals surface area contributed by atoms with Gasteiger partial charge in [0.1, 0.15) is 0 Å². The van der Waals surface area contributed by atoms with Gasteiger partial charge in [0.25, 0.3) is 0 Å². The third-order valence-corrected chi connectivity index (χ3v) is 5.09. The van der Waals surface area contributed by atoms with Crippen molar-refractivity contribution in [3.8, 4) is 11.5 Å². The minimum atomic E-state index is 0.0766. The van der Waals surface area contributed by atoms with Crippen molar-refractivity contribution in [2.45, 2.75) is 90.5 Å². The van der Waals surface area contributed by atoms with Gasteiger partial charge >= 0.3 is 0 Å². The summed E-state index contributed by atoms with van der Waals surface area (Å²) in [5.41, 5.74) is 0.915. The molecule has 0 fully saturated rings. The highest BCUT2D eigenvalue weighted by molar-refractivity contribution is 5.75. The molecule has 0 unspecified atom stereocenters.